The summed E-state index contributed by atoms with van der Waals surface area (Å²) in [4.78, 5) is 30.5. The number of nitrogens with zero attached hydrogens (tertiary/aromatic N) is 1. The number of hydrogen-bond acceptors (Lipinski definition) is 7. The molecule has 0 spiro atoms. The fraction of sp³-hybridized carbons (Fsp3) is 0.316. The van der Waals surface area contributed by atoms with Crippen LogP contribution in [-0.2, 0) is 19.4 Å². The molecule has 0 radical (unpaired) electrons. The summed E-state index contributed by atoms with van der Waals surface area (Å²) in [6.45, 7) is 1.80. The van der Waals surface area contributed by atoms with Gasteiger partial charge in [-0.1, -0.05) is 6.07 Å². The maximum atomic E-state index is 11.8. The van der Waals surface area contributed by atoms with Crippen molar-refractivity contribution in [2.75, 3.05) is 13.2 Å². The number of H-pyrrole nitrogens is 1. The molecule has 0 amide bonds. The minimum Gasteiger partial charge on any atom is -0.486 e. The molecular weight excluding hydrogens is 382 g/mol. The van der Waals surface area contributed by atoms with E-state index in [0.717, 1.165) is 41.9 Å². The number of ether oxygens (including phenoxy) is 2. The number of benzene rings is 1. The Morgan fingerprint density at radius 3 is 2.79 bits per heavy atom. The first kappa shape index (κ1) is 18.5. The fourth-order valence-corrected chi connectivity index (χ4v) is 4.58. The molecule has 2 aliphatic rings. The highest BCUT2D eigenvalue weighted by atomic mass is 32.1. The number of carbonyl (C=O) groups is 1. The number of aromatic amines is 1. The van der Waals surface area contributed by atoms with Crippen molar-refractivity contribution in [3.63, 3.8) is 0 Å². The van der Waals surface area contributed by atoms with Crippen LogP contribution in [0.4, 0.5) is 0 Å². The zero-order valence-corrected chi connectivity index (χ0v) is 15.8. The molecule has 0 fully saturated rings. The minimum atomic E-state index is -1.20. The Morgan fingerprint density at radius 1 is 1.25 bits per heavy atom. The standard InChI is InChI=1S/C10H8N2O3S.C9H11NO2/c13-8-6-4-2-1-3-5(4)16-9(6)12-7(11-8)10(14)15;10-6-7-1-2-8-9(5-7)12-4-3-11-8/h1-3H2,(H,14,15)(H,11,12,13);1-2,5H,3-4,6,10H2. The second kappa shape index (κ2) is 7.61. The quantitative estimate of drug-likeness (QED) is 0.600. The van der Waals surface area contributed by atoms with Crippen molar-refractivity contribution < 1.29 is 19.4 Å². The van der Waals surface area contributed by atoms with E-state index in [1.807, 2.05) is 18.2 Å². The molecular formula is C19H19N3O5S. The lowest BCUT2D eigenvalue weighted by molar-refractivity contribution is 0.0683. The van der Waals surface area contributed by atoms with Crippen molar-refractivity contribution in [1.82, 2.24) is 9.97 Å². The molecule has 28 heavy (non-hydrogen) atoms. The first-order chi connectivity index (χ1) is 13.6. The summed E-state index contributed by atoms with van der Waals surface area (Å²) < 4.78 is 10.7. The number of nitrogens with one attached hydrogen (secondary N) is 1. The van der Waals surface area contributed by atoms with Gasteiger partial charge in [0, 0.05) is 11.4 Å². The van der Waals surface area contributed by atoms with Crippen molar-refractivity contribution in [3.8, 4) is 11.5 Å². The molecule has 8 nitrogen and oxygen atoms in total. The SMILES string of the molecule is NCc1ccc2c(c1)OCCO2.O=C(O)c1nc2sc3c(c2c(=O)[nH]1)CCC3. The van der Waals surface area contributed by atoms with Crippen molar-refractivity contribution in [3.05, 3.63) is 50.4 Å². The first-order valence-corrected chi connectivity index (χ1v) is 9.75. The molecule has 9 heteroatoms. The molecule has 1 aliphatic carbocycles. The van der Waals surface area contributed by atoms with Crippen LogP contribution in [0, 0.1) is 0 Å². The van der Waals surface area contributed by atoms with Crippen LogP contribution in [0.5, 0.6) is 11.5 Å². The van der Waals surface area contributed by atoms with Gasteiger partial charge in [-0.25, -0.2) is 9.78 Å². The maximum absolute atomic E-state index is 11.8. The molecule has 0 saturated carbocycles. The number of thiophene rings is 1. The van der Waals surface area contributed by atoms with E-state index in [9.17, 15) is 9.59 Å². The number of carboxylic acid groups (broad SMARTS) is 1. The molecule has 0 atom stereocenters. The summed E-state index contributed by atoms with van der Waals surface area (Å²) in [5, 5.41) is 9.37. The average Bonchev–Trinajstić information content (AvgIpc) is 3.28. The topological polar surface area (TPSA) is 128 Å². The van der Waals surface area contributed by atoms with Gasteiger partial charge in [-0.05, 0) is 42.5 Å². The molecule has 5 rings (SSSR count). The number of carboxylic acids is 1. The van der Waals surface area contributed by atoms with Gasteiger partial charge in [-0.3, -0.25) is 4.79 Å². The lowest BCUT2D eigenvalue weighted by Gasteiger charge is -2.18. The van der Waals surface area contributed by atoms with E-state index in [0.29, 0.717) is 30.0 Å². The van der Waals surface area contributed by atoms with E-state index in [1.54, 1.807) is 0 Å². The zero-order valence-electron chi connectivity index (χ0n) is 15.0. The molecule has 0 saturated heterocycles. The van der Waals surface area contributed by atoms with E-state index >= 15 is 0 Å². The summed E-state index contributed by atoms with van der Waals surface area (Å²) in [7, 11) is 0. The zero-order chi connectivity index (χ0) is 19.7. The average molecular weight is 401 g/mol. The van der Waals surface area contributed by atoms with Gasteiger partial charge in [-0.15, -0.1) is 11.3 Å². The van der Waals surface area contributed by atoms with Gasteiger partial charge in [0.1, 0.15) is 18.0 Å². The van der Waals surface area contributed by atoms with Gasteiger partial charge in [0.15, 0.2) is 11.5 Å². The predicted octanol–water partition coefficient (Wildman–Crippen LogP) is 2.09. The van der Waals surface area contributed by atoms with Gasteiger partial charge in [0.25, 0.3) is 5.56 Å². The van der Waals surface area contributed by atoms with E-state index in [-0.39, 0.29) is 11.4 Å². The second-order valence-electron chi connectivity index (χ2n) is 6.44. The van der Waals surface area contributed by atoms with Gasteiger partial charge < -0.3 is 25.3 Å². The highest BCUT2D eigenvalue weighted by Crippen LogP contribution is 2.34. The molecule has 3 heterocycles. The highest BCUT2D eigenvalue weighted by Gasteiger charge is 2.22. The fourth-order valence-electron chi connectivity index (χ4n) is 3.32. The predicted molar refractivity (Wildman–Crippen MR) is 105 cm³/mol. The number of fused-ring (bicyclic) bond motifs is 4. The third-order valence-electron chi connectivity index (χ3n) is 4.62. The van der Waals surface area contributed by atoms with Gasteiger partial charge in [0.05, 0.1) is 5.39 Å². The highest BCUT2D eigenvalue weighted by molar-refractivity contribution is 7.18. The van der Waals surface area contributed by atoms with E-state index in [2.05, 4.69) is 9.97 Å². The van der Waals surface area contributed by atoms with E-state index in [4.69, 9.17) is 20.3 Å². The Bertz CT molecular complexity index is 1100. The molecule has 146 valence electrons. The Kier molecular flexibility index (Phi) is 5.01. The molecule has 0 bridgehead atoms. The van der Waals surface area contributed by atoms with Gasteiger partial charge in [0.2, 0.25) is 5.82 Å². The maximum Gasteiger partial charge on any atom is 0.372 e. The summed E-state index contributed by atoms with van der Waals surface area (Å²) in [6.07, 6.45) is 2.93. The van der Waals surface area contributed by atoms with E-state index < -0.39 is 5.97 Å². The monoisotopic (exact) mass is 401 g/mol. The number of aromatic carboxylic acids is 1. The summed E-state index contributed by atoms with van der Waals surface area (Å²) in [5.41, 5.74) is 7.28. The smallest absolute Gasteiger partial charge is 0.372 e. The first-order valence-electron chi connectivity index (χ1n) is 8.93. The van der Waals surface area contributed by atoms with Gasteiger partial charge >= 0.3 is 5.97 Å². The van der Waals surface area contributed by atoms with Crippen molar-refractivity contribution >= 4 is 27.5 Å². The lowest BCUT2D eigenvalue weighted by Crippen LogP contribution is -2.15. The molecule has 2 aromatic heterocycles. The van der Waals surface area contributed by atoms with E-state index in [1.165, 1.54) is 16.2 Å². The van der Waals surface area contributed by atoms with Crippen LogP contribution in [0.2, 0.25) is 0 Å². The largest absolute Gasteiger partial charge is 0.486 e. The molecule has 3 aromatic rings. The Hall–Kier alpha value is -2.91. The van der Waals surface area contributed by atoms with Crippen LogP contribution in [-0.4, -0.2) is 34.3 Å². The second-order valence-corrected chi connectivity index (χ2v) is 7.52. The summed E-state index contributed by atoms with van der Waals surface area (Å²) in [5.74, 6) is 0.146. The van der Waals surface area contributed by atoms with Crippen LogP contribution in [0.1, 0.15) is 33.0 Å². The van der Waals surface area contributed by atoms with Gasteiger partial charge in [-0.2, -0.15) is 0 Å². The summed E-state index contributed by atoms with van der Waals surface area (Å²) >= 11 is 1.44. The number of rotatable bonds is 2. The van der Waals surface area contributed by atoms with Crippen LogP contribution < -0.4 is 20.8 Å². The van der Waals surface area contributed by atoms with Crippen molar-refractivity contribution in [2.45, 2.75) is 25.8 Å². The Labute approximate surface area is 163 Å². The van der Waals surface area contributed by atoms with Crippen LogP contribution in [0.15, 0.2) is 23.0 Å². The number of aromatic nitrogens is 2. The number of nitrogens with two attached hydrogens (primary N) is 1. The van der Waals surface area contributed by atoms with Crippen LogP contribution in [0.25, 0.3) is 10.2 Å². The molecule has 1 aliphatic heterocycles. The number of aryl methyl sites for hydroxylation is 2. The Balaban J connectivity index is 0.000000143. The Morgan fingerprint density at radius 2 is 2.04 bits per heavy atom. The normalized spacial score (nSPS) is 14.3. The van der Waals surface area contributed by atoms with Crippen molar-refractivity contribution in [1.29, 1.82) is 0 Å². The minimum absolute atomic E-state index is 0.280. The molecule has 1 aromatic carbocycles. The number of hydrogen-bond donors (Lipinski definition) is 3. The lowest BCUT2D eigenvalue weighted by atomic mass is 10.2. The summed E-state index contributed by atoms with van der Waals surface area (Å²) in [6, 6.07) is 5.78. The third-order valence-corrected chi connectivity index (χ3v) is 5.81. The van der Waals surface area contributed by atoms with Crippen molar-refractivity contribution in [2.24, 2.45) is 5.73 Å². The third kappa shape index (κ3) is 3.46. The molecule has 4 N–H and O–H groups in total. The van der Waals surface area contributed by atoms with Crippen LogP contribution in [0.3, 0.4) is 0 Å². The molecule has 0 unspecified atom stereocenters. The van der Waals surface area contributed by atoms with Crippen LogP contribution >= 0.6 is 11.3 Å².